The molecule has 3 rings (SSSR count). The van der Waals surface area contributed by atoms with Gasteiger partial charge in [-0.2, -0.15) is 0 Å². The van der Waals surface area contributed by atoms with Gasteiger partial charge < -0.3 is 15.2 Å². The normalized spacial score (nSPS) is 14.5. The van der Waals surface area contributed by atoms with Gasteiger partial charge in [0.25, 0.3) is 0 Å². The van der Waals surface area contributed by atoms with Crippen LogP contribution in [0.25, 0.3) is 0 Å². The predicted octanol–water partition coefficient (Wildman–Crippen LogP) is 1.68. The summed E-state index contributed by atoms with van der Waals surface area (Å²) in [6, 6.07) is 0. The van der Waals surface area contributed by atoms with E-state index in [1.54, 1.807) is 11.3 Å². The van der Waals surface area contributed by atoms with Gasteiger partial charge >= 0.3 is 0 Å². The molecule has 130 valence electrons. The van der Waals surface area contributed by atoms with E-state index in [1.165, 1.54) is 12.8 Å². The lowest BCUT2D eigenvalue weighted by Gasteiger charge is -2.14. The number of nitrogens with one attached hydrogen (secondary N) is 2. The van der Waals surface area contributed by atoms with Gasteiger partial charge in [0.1, 0.15) is 12.4 Å². The second-order valence-electron chi connectivity index (χ2n) is 5.87. The molecule has 2 aromatic rings. The molecule has 0 aliphatic carbocycles. The summed E-state index contributed by atoms with van der Waals surface area (Å²) >= 11 is 1.69. The Balaban J connectivity index is 1.56. The van der Waals surface area contributed by atoms with Crippen molar-refractivity contribution >= 4 is 17.3 Å². The molecule has 0 aromatic carbocycles. The molecular formula is C16H25N7S. The number of rotatable bonds is 6. The minimum absolute atomic E-state index is 0.554. The lowest BCUT2D eigenvalue weighted by molar-refractivity contribution is 0.508. The molecule has 8 heteroatoms. The van der Waals surface area contributed by atoms with Crippen LogP contribution in [0.15, 0.2) is 10.4 Å². The summed E-state index contributed by atoms with van der Waals surface area (Å²) in [5.41, 5.74) is 1.13. The van der Waals surface area contributed by atoms with Gasteiger partial charge in [0.15, 0.2) is 11.8 Å². The SMILES string of the molecule is CCNC(=NCc1nnc2n1CCCC2)NCCc1csc(C)n1. The Kier molecular flexibility index (Phi) is 5.79. The van der Waals surface area contributed by atoms with Crippen LogP contribution in [0.1, 0.15) is 42.1 Å². The van der Waals surface area contributed by atoms with Gasteiger partial charge in [0, 0.05) is 37.9 Å². The third-order valence-electron chi connectivity index (χ3n) is 4.00. The standard InChI is InChI=1S/C16H25N7S/c1-3-17-16(18-8-7-13-11-24-12(2)20-13)19-10-15-22-21-14-6-4-5-9-23(14)15/h11H,3-10H2,1-2H3,(H2,17,18,19). The lowest BCUT2D eigenvalue weighted by atomic mass is 10.2. The highest BCUT2D eigenvalue weighted by Gasteiger charge is 2.15. The minimum atomic E-state index is 0.554. The van der Waals surface area contributed by atoms with Gasteiger partial charge in [0.05, 0.1) is 10.7 Å². The quantitative estimate of drug-likeness (QED) is 0.614. The molecule has 2 N–H and O–H groups in total. The number of nitrogens with zero attached hydrogens (tertiary/aromatic N) is 5. The van der Waals surface area contributed by atoms with Crippen molar-refractivity contribution in [1.82, 2.24) is 30.4 Å². The van der Waals surface area contributed by atoms with E-state index in [1.807, 2.05) is 6.92 Å². The molecular weight excluding hydrogens is 322 g/mol. The highest BCUT2D eigenvalue weighted by molar-refractivity contribution is 7.09. The molecule has 0 spiro atoms. The highest BCUT2D eigenvalue weighted by Crippen LogP contribution is 2.14. The van der Waals surface area contributed by atoms with E-state index in [0.717, 1.165) is 60.8 Å². The average molecular weight is 347 g/mol. The number of aliphatic imine (C=N–C) groups is 1. The number of aromatic nitrogens is 4. The molecule has 2 aromatic heterocycles. The fourth-order valence-electron chi connectivity index (χ4n) is 2.81. The molecule has 0 saturated carbocycles. The topological polar surface area (TPSA) is 80.0 Å². The Hall–Kier alpha value is -1.96. The summed E-state index contributed by atoms with van der Waals surface area (Å²) in [7, 11) is 0. The van der Waals surface area contributed by atoms with Crippen LogP contribution in [0.3, 0.4) is 0 Å². The van der Waals surface area contributed by atoms with E-state index in [4.69, 9.17) is 0 Å². The summed E-state index contributed by atoms with van der Waals surface area (Å²) < 4.78 is 2.22. The number of hydrogen-bond donors (Lipinski definition) is 2. The molecule has 1 aliphatic rings. The number of guanidine groups is 1. The van der Waals surface area contributed by atoms with Crippen molar-refractivity contribution in [2.75, 3.05) is 13.1 Å². The maximum absolute atomic E-state index is 4.65. The van der Waals surface area contributed by atoms with Crippen LogP contribution in [0, 0.1) is 6.92 Å². The number of fused-ring (bicyclic) bond motifs is 1. The van der Waals surface area contributed by atoms with E-state index < -0.39 is 0 Å². The zero-order chi connectivity index (χ0) is 16.8. The van der Waals surface area contributed by atoms with Gasteiger partial charge in [-0.15, -0.1) is 21.5 Å². The summed E-state index contributed by atoms with van der Waals surface area (Å²) in [6.07, 6.45) is 4.34. The summed E-state index contributed by atoms with van der Waals surface area (Å²) in [4.78, 5) is 9.14. The third-order valence-corrected chi connectivity index (χ3v) is 4.82. The van der Waals surface area contributed by atoms with Gasteiger partial charge in [-0.25, -0.2) is 9.98 Å². The van der Waals surface area contributed by atoms with E-state index in [0.29, 0.717) is 6.54 Å². The monoisotopic (exact) mass is 347 g/mol. The molecule has 0 amide bonds. The molecule has 0 radical (unpaired) electrons. The first-order chi connectivity index (χ1) is 11.8. The zero-order valence-electron chi connectivity index (χ0n) is 14.4. The van der Waals surface area contributed by atoms with E-state index in [-0.39, 0.29) is 0 Å². The highest BCUT2D eigenvalue weighted by atomic mass is 32.1. The van der Waals surface area contributed by atoms with Crippen LogP contribution < -0.4 is 10.6 Å². The predicted molar refractivity (Wildman–Crippen MR) is 96.3 cm³/mol. The summed E-state index contributed by atoms with van der Waals surface area (Å²) in [6.45, 7) is 7.32. The average Bonchev–Trinajstić information content (AvgIpc) is 3.19. The fraction of sp³-hybridized carbons (Fsp3) is 0.625. The van der Waals surface area contributed by atoms with Crippen molar-refractivity contribution < 1.29 is 0 Å². The van der Waals surface area contributed by atoms with Crippen LogP contribution in [-0.4, -0.2) is 38.8 Å². The molecule has 0 bridgehead atoms. The Morgan fingerprint density at radius 3 is 3.04 bits per heavy atom. The van der Waals surface area contributed by atoms with Gasteiger partial charge in [0.2, 0.25) is 0 Å². The van der Waals surface area contributed by atoms with Crippen LogP contribution >= 0.6 is 11.3 Å². The first kappa shape index (κ1) is 16.9. The van der Waals surface area contributed by atoms with Crippen molar-refractivity contribution in [3.05, 3.63) is 27.7 Å². The number of hydrogen-bond acceptors (Lipinski definition) is 5. The van der Waals surface area contributed by atoms with Gasteiger partial charge in [-0.05, 0) is 26.7 Å². The van der Waals surface area contributed by atoms with Gasteiger partial charge in [-0.3, -0.25) is 0 Å². The van der Waals surface area contributed by atoms with Crippen molar-refractivity contribution in [1.29, 1.82) is 0 Å². The molecule has 24 heavy (non-hydrogen) atoms. The third kappa shape index (κ3) is 4.31. The second kappa shape index (κ2) is 8.23. The maximum atomic E-state index is 4.65. The molecule has 7 nitrogen and oxygen atoms in total. The second-order valence-corrected chi connectivity index (χ2v) is 6.93. The smallest absolute Gasteiger partial charge is 0.191 e. The minimum Gasteiger partial charge on any atom is -0.357 e. The van der Waals surface area contributed by atoms with E-state index in [2.05, 4.69) is 47.7 Å². The molecule has 0 atom stereocenters. The first-order valence-electron chi connectivity index (χ1n) is 8.60. The Bertz CT molecular complexity index is 688. The van der Waals surface area contributed by atoms with Crippen LogP contribution in [0.2, 0.25) is 0 Å². The van der Waals surface area contributed by atoms with Crippen LogP contribution in [0.4, 0.5) is 0 Å². The Morgan fingerprint density at radius 2 is 2.25 bits per heavy atom. The maximum Gasteiger partial charge on any atom is 0.191 e. The fourth-order valence-corrected chi connectivity index (χ4v) is 3.46. The van der Waals surface area contributed by atoms with Crippen molar-refractivity contribution in [3.63, 3.8) is 0 Å². The Morgan fingerprint density at radius 1 is 1.33 bits per heavy atom. The first-order valence-corrected chi connectivity index (χ1v) is 9.48. The molecule has 0 unspecified atom stereocenters. The summed E-state index contributed by atoms with van der Waals surface area (Å²) in [5.74, 6) is 2.87. The number of thiazole rings is 1. The Labute approximate surface area is 146 Å². The molecule has 0 fully saturated rings. The number of aryl methyl sites for hydroxylation is 2. The van der Waals surface area contributed by atoms with Crippen molar-refractivity contribution in [2.24, 2.45) is 4.99 Å². The van der Waals surface area contributed by atoms with Crippen LogP contribution in [0.5, 0.6) is 0 Å². The van der Waals surface area contributed by atoms with E-state index in [9.17, 15) is 0 Å². The molecule has 3 heterocycles. The summed E-state index contributed by atoms with van der Waals surface area (Å²) in [5, 5.41) is 18.5. The van der Waals surface area contributed by atoms with E-state index >= 15 is 0 Å². The largest absolute Gasteiger partial charge is 0.357 e. The van der Waals surface area contributed by atoms with Crippen molar-refractivity contribution in [2.45, 2.75) is 52.6 Å². The van der Waals surface area contributed by atoms with Crippen molar-refractivity contribution in [3.8, 4) is 0 Å². The van der Waals surface area contributed by atoms with Gasteiger partial charge in [-0.1, -0.05) is 0 Å². The molecule has 0 saturated heterocycles. The molecule has 1 aliphatic heterocycles. The van der Waals surface area contributed by atoms with Crippen LogP contribution in [-0.2, 0) is 25.9 Å². The lowest BCUT2D eigenvalue weighted by Crippen LogP contribution is -2.38. The zero-order valence-corrected chi connectivity index (χ0v) is 15.2.